The molecule has 0 aromatic heterocycles. The largest absolute Gasteiger partial charge is 0.373 e. The van der Waals surface area contributed by atoms with Crippen molar-refractivity contribution >= 4 is 18.1 Å². The highest BCUT2D eigenvalue weighted by molar-refractivity contribution is 6.21. The normalized spacial score (nSPS) is 15.8. The van der Waals surface area contributed by atoms with Crippen LogP contribution in [-0.4, -0.2) is 55.0 Å². The number of unbranched alkanes of at least 4 members (excludes halogenated alkanes) is 2. The molecule has 0 spiro atoms. The minimum absolute atomic E-state index is 0.00555. The lowest BCUT2D eigenvalue weighted by Crippen LogP contribution is -2.45. The molecule has 1 heterocycles. The van der Waals surface area contributed by atoms with Gasteiger partial charge in [-0.3, -0.25) is 14.5 Å². The number of hydrogen-bond acceptors (Lipinski definition) is 5. The number of hydrogen-bond donors (Lipinski definition) is 0. The van der Waals surface area contributed by atoms with Crippen LogP contribution in [0.1, 0.15) is 60.2 Å². The van der Waals surface area contributed by atoms with Crippen LogP contribution in [0.25, 0.3) is 0 Å². The van der Waals surface area contributed by atoms with E-state index >= 15 is 0 Å². The van der Waals surface area contributed by atoms with Crippen LogP contribution < -0.4 is 0 Å². The zero-order valence-corrected chi connectivity index (χ0v) is 15.5. The van der Waals surface area contributed by atoms with E-state index in [0.717, 1.165) is 30.6 Å². The predicted molar refractivity (Wildman–Crippen MR) is 97.2 cm³/mol. The second kappa shape index (κ2) is 10.2. The van der Waals surface area contributed by atoms with Gasteiger partial charge in [-0.15, -0.1) is 0 Å². The molecule has 0 radical (unpaired) electrons. The van der Waals surface area contributed by atoms with Crippen LogP contribution in [-0.2, 0) is 14.3 Å². The van der Waals surface area contributed by atoms with E-state index in [0.29, 0.717) is 30.6 Å². The number of rotatable bonds is 12. The molecule has 26 heavy (non-hydrogen) atoms. The summed E-state index contributed by atoms with van der Waals surface area (Å²) in [6.45, 7) is 4.97. The molecule has 0 saturated heterocycles. The molecule has 1 aliphatic rings. The second-order valence-corrected chi connectivity index (χ2v) is 6.35. The van der Waals surface area contributed by atoms with Gasteiger partial charge in [0.1, 0.15) is 12.2 Å². The molecular formula is C20H27NO5. The Kier molecular flexibility index (Phi) is 7.94. The van der Waals surface area contributed by atoms with Gasteiger partial charge < -0.3 is 14.3 Å². The van der Waals surface area contributed by atoms with Gasteiger partial charge in [0.25, 0.3) is 11.8 Å². The average molecular weight is 361 g/mol. The first kappa shape index (κ1) is 20.3. The summed E-state index contributed by atoms with van der Waals surface area (Å²) in [6, 6.07) is 6.73. The maximum Gasteiger partial charge on any atom is 0.261 e. The number of ether oxygens (including phenoxy) is 2. The third kappa shape index (κ3) is 4.77. The summed E-state index contributed by atoms with van der Waals surface area (Å²) in [5.74, 6) is -0.708. The highest BCUT2D eigenvalue weighted by Crippen LogP contribution is 2.23. The zero-order chi connectivity index (χ0) is 18.9. The number of aldehydes is 1. The number of carbonyl (C=O) groups excluding carboxylic acids is 3. The number of benzene rings is 1. The Bertz CT molecular complexity index is 595. The highest BCUT2D eigenvalue weighted by atomic mass is 16.5. The molecular weight excluding hydrogens is 334 g/mol. The van der Waals surface area contributed by atoms with Gasteiger partial charge in [0, 0.05) is 13.2 Å². The summed E-state index contributed by atoms with van der Waals surface area (Å²) in [4.78, 5) is 37.8. The molecule has 2 amide bonds. The topological polar surface area (TPSA) is 72.9 Å². The lowest BCUT2D eigenvalue weighted by Gasteiger charge is -2.27. The van der Waals surface area contributed by atoms with Crippen molar-refractivity contribution in [3.63, 3.8) is 0 Å². The number of amides is 2. The van der Waals surface area contributed by atoms with Crippen LogP contribution in [0.4, 0.5) is 0 Å². The maximum atomic E-state index is 12.6. The molecule has 1 aromatic carbocycles. The Balaban J connectivity index is 2.11. The number of nitrogens with zero attached hydrogens (tertiary/aromatic N) is 1. The molecule has 0 N–H and O–H groups in total. The van der Waals surface area contributed by atoms with Crippen molar-refractivity contribution in [1.29, 1.82) is 0 Å². The lowest BCUT2D eigenvalue weighted by atomic mass is 10.1. The van der Waals surface area contributed by atoms with E-state index in [2.05, 4.69) is 0 Å². The van der Waals surface area contributed by atoms with Gasteiger partial charge in [0.15, 0.2) is 6.29 Å². The molecule has 1 aromatic rings. The molecule has 6 heteroatoms. The maximum absolute atomic E-state index is 12.6. The van der Waals surface area contributed by atoms with Crippen LogP contribution in [0, 0.1) is 0 Å². The van der Waals surface area contributed by atoms with E-state index in [-0.39, 0.29) is 18.4 Å². The monoisotopic (exact) mass is 361 g/mol. The Morgan fingerprint density at radius 3 is 2.00 bits per heavy atom. The third-order valence-electron chi connectivity index (χ3n) is 4.38. The molecule has 6 nitrogen and oxygen atoms in total. The van der Waals surface area contributed by atoms with E-state index in [9.17, 15) is 14.4 Å². The predicted octanol–water partition coefficient (Wildman–Crippen LogP) is 2.85. The van der Waals surface area contributed by atoms with Crippen LogP contribution in [0.2, 0.25) is 0 Å². The van der Waals surface area contributed by atoms with Crippen LogP contribution >= 0.6 is 0 Å². The van der Waals surface area contributed by atoms with Crippen LogP contribution in [0.3, 0.4) is 0 Å². The van der Waals surface area contributed by atoms with Crippen molar-refractivity contribution in [3.05, 3.63) is 35.4 Å². The van der Waals surface area contributed by atoms with Gasteiger partial charge in [-0.1, -0.05) is 38.8 Å². The van der Waals surface area contributed by atoms with Crippen molar-refractivity contribution in [2.24, 2.45) is 0 Å². The second-order valence-electron chi connectivity index (χ2n) is 6.35. The minimum Gasteiger partial charge on any atom is -0.373 e. The van der Waals surface area contributed by atoms with E-state index < -0.39 is 12.2 Å². The Hall–Kier alpha value is -2.05. The third-order valence-corrected chi connectivity index (χ3v) is 4.38. The van der Waals surface area contributed by atoms with Gasteiger partial charge >= 0.3 is 0 Å². The molecule has 0 aliphatic carbocycles. The Morgan fingerprint density at radius 1 is 0.962 bits per heavy atom. The quantitative estimate of drug-likeness (QED) is 0.325. The fourth-order valence-corrected chi connectivity index (χ4v) is 2.81. The molecule has 2 atom stereocenters. The van der Waals surface area contributed by atoms with E-state index in [1.54, 1.807) is 24.3 Å². The summed E-state index contributed by atoms with van der Waals surface area (Å²) >= 11 is 0. The van der Waals surface area contributed by atoms with Gasteiger partial charge in [0.05, 0.1) is 17.7 Å². The first-order valence-corrected chi connectivity index (χ1v) is 9.27. The van der Waals surface area contributed by atoms with Crippen molar-refractivity contribution in [1.82, 2.24) is 4.90 Å². The summed E-state index contributed by atoms with van der Waals surface area (Å²) in [6.07, 6.45) is 2.79. The zero-order valence-electron chi connectivity index (χ0n) is 15.5. The Morgan fingerprint density at radius 2 is 1.50 bits per heavy atom. The molecule has 0 unspecified atom stereocenters. The SMILES string of the molecule is CCCCO[C@@H](CN1C(=O)c2ccccc2C1=O)[C@@H](C=O)OCCCC. The molecule has 0 bridgehead atoms. The molecule has 0 fully saturated rings. The van der Waals surface area contributed by atoms with Gasteiger partial charge in [-0.25, -0.2) is 0 Å². The fraction of sp³-hybridized carbons (Fsp3) is 0.550. The first-order chi connectivity index (χ1) is 12.6. The van der Waals surface area contributed by atoms with Gasteiger partial charge in [-0.2, -0.15) is 0 Å². The van der Waals surface area contributed by atoms with Crippen LogP contribution in [0.5, 0.6) is 0 Å². The molecule has 2 rings (SSSR count). The minimum atomic E-state index is -0.803. The summed E-state index contributed by atoms with van der Waals surface area (Å²) < 4.78 is 11.5. The van der Waals surface area contributed by atoms with Crippen molar-refractivity contribution < 1.29 is 23.9 Å². The number of fused-ring (bicyclic) bond motifs is 1. The van der Waals surface area contributed by atoms with Crippen LogP contribution in [0.15, 0.2) is 24.3 Å². The van der Waals surface area contributed by atoms with Gasteiger partial charge in [0.2, 0.25) is 0 Å². The first-order valence-electron chi connectivity index (χ1n) is 9.27. The number of imide groups is 1. The van der Waals surface area contributed by atoms with Gasteiger partial charge in [-0.05, 0) is 25.0 Å². The van der Waals surface area contributed by atoms with E-state index in [4.69, 9.17) is 9.47 Å². The summed E-state index contributed by atoms with van der Waals surface area (Å²) in [5.41, 5.74) is 0.777. The standard InChI is InChI=1S/C20H27NO5/c1-3-5-11-25-17(18(14-22)26-12-6-4-2)13-21-19(23)15-9-7-8-10-16(15)20(21)24/h7-10,14,17-18H,3-6,11-13H2,1-2H3/t17-,18+/m0/s1. The Labute approximate surface area is 154 Å². The number of carbonyl (C=O) groups is 3. The van der Waals surface area contributed by atoms with Crippen molar-refractivity contribution in [3.8, 4) is 0 Å². The summed E-state index contributed by atoms with van der Waals surface area (Å²) in [7, 11) is 0. The fourth-order valence-electron chi connectivity index (χ4n) is 2.81. The van der Waals surface area contributed by atoms with Crippen molar-refractivity contribution in [2.45, 2.75) is 51.7 Å². The highest BCUT2D eigenvalue weighted by Gasteiger charge is 2.38. The smallest absolute Gasteiger partial charge is 0.261 e. The average Bonchev–Trinajstić information content (AvgIpc) is 2.90. The lowest BCUT2D eigenvalue weighted by molar-refractivity contribution is -0.131. The van der Waals surface area contributed by atoms with E-state index in [1.807, 2.05) is 13.8 Å². The molecule has 1 aliphatic heterocycles. The molecule has 0 saturated carbocycles. The van der Waals surface area contributed by atoms with Crippen molar-refractivity contribution in [2.75, 3.05) is 19.8 Å². The molecule has 142 valence electrons. The summed E-state index contributed by atoms with van der Waals surface area (Å²) in [5, 5.41) is 0. The van der Waals surface area contributed by atoms with E-state index in [1.165, 1.54) is 0 Å².